The number of benzene rings is 1. The Morgan fingerprint density at radius 3 is 2.42 bits per heavy atom. The normalized spacial score (nSPS) is 11.8. The van der Waals surface area contributed by atoms with E-state index < -0.39 is 11.7 Å². The van der Waals surface area contributed by atoms with Crippen molar-refractivity contribution in [1.82, 2.24) is 4.98 Å². The van der Waals surface area contributed by atoms with Gasteiger partial charge < -0.3 is 9.47 Å². The van der Waals surface area contributed by atoms with Crippen LogP contribution in [0.3, 0.4) is 0 Å². The third-order valence-corrected chi connectivity index (χ3v) is 3.23. The number of rotatable bonds is 4. The number of nitrogens with zero attached hydrogens (tertiary/aromatic N) is 2. The molecule has 0 radical (unpaired) electrons. The van der Waals surface area contributed by atoms with Gasteiger partial charge in [-0.2, -0.15) is 18.4 Å². The molecule has 0 saturated heterocycles. The second-order valence-electron chi connectivity index (χ2n) is 4.71. The second kappa shape index (κ2) is 7.04. The first-order valence-electron chi connectivity index (χ1n) is 6.76. The number of alkyl halides is 3. The molecule has 1 aromatic carbocycles. The zero-order valence-electron chi connectivity index (χ0n) is 12.9. The molecule has 0 saturated carbocycles. The molecule has 124 valence electrons. The minimum Gasteiger partial charge on any atom is -0.497 e. The van der Waals surface area contributed by atoms with Gasteiger partial charge in [-0.05, 0) is 30.3 Å². The van der Waals surface area contributed by atoms with E-state index in [1.165, 1.54) is 20.3 Å². The molecule has 0 spiro atoms. The SMILES string of the molecule is COc1ccc(C=C(C#N)c2ccc(C(F)(F)F)cn2)c(OC)c1. The molecule has 24 heavy (non-hydrogen) atoms. The molecular formula is C17H13F3N2O2. The number of halogens is 3. The number of nitriles is 1. The van der Waals surface area contributed by atoms with Crippen LogP contribution in [0, 0.1) is 11.3 Å². The molecular weight excluding hydrogens is 321 g/mol. The van der Waals surface area contributed by atoms with Crippen LogP contribution in [-0.2, 0) is 6.18 Å². The zero-order valence-corrected chi connectivity index (χ0v) is 12.9. The van der Waals surface area contributed by atoms with E-state index >= 15 is 0 Å². The summed E-state index contributed by atoms with van der Waals surface area (Å²) in [6.07, 6.45) is -2.28. The minimum atomic E-state index is -4.47. The summed E-state index contributed by atoms with van der Waals surface area (Å²) in [6.45, 7) is 0. The molecule has 0 aliphatic carbocycles. The van der Waals surface area contributed by atoms with Gasteiger partial charge in [0.15, 0.2) is 0 Å². The number of hydrogen-bond donors (Lipinski definition) is 0. The predicted octanol–water partition coefficient (Wildman–Crippen LogP) is 4.18. The van der Waals surface area contributed by atoms with Crippen LogP contribution in [0.15, 0.2) is 36.5 Å². The first kappa shape index (κ1) is 17.3. The van der Waals surface area contributed by atoms with Crippen LogP contribution in [0.4, 0.5) is 13.2 Å². The summed E-state index contributed by atoms with van der Waals surface area (Å²) < 4.78 is 48.0. The Bertz CT molecular complexity index is 791. The smallest absolute Gasteiger partial charge is 0.417 e. The summed E-state index contributed by atoms with van der Waals surface area (Å²) in [5.74, 6) is 1.05. The van der Waals surface area contributed by atoms with Crippen LogP contribution in [0.25, 0.3) is 11.6 Å². The van der Waals surface area contributed by atoms with Crippen molar-refractivity contribution in [3.8, 4) is 17.6 Å². The van der Waals surface area contributed by atoms with Gasteiger partial charge in [0.25, 0.3) is 0 Å². The van der Waals surface area contributed by atoms with E-state index in [9.17, 15) is 18.4 Å². The Morgan fingerprint density at radius 2 is 1.92 bits per heavy atom. The molecule has 0 bridgehead atoms. The monoisotopic (exact) mass is 334 g/mol. The van der Waals surface area contributed by atoms with E-state index in [0.717, 1.165) is 12.1 Å². The summed E-state index contributed by atoms with van der Waals surface area (Å²) in [4.78, 5) is 3.73. The lowest BCUT2D eigenvalue weighted by molar-refractivity contribution is -0.137. The van der Waals surface area contributed by atoms with Crippen molar-refractivity contribution < 1.29 is 22.6 Å². The molecule has 0 N–H and O–H groups in total. The van der Waals surface area contributed by atoms with Gasteiger partial charge in [0, 0.05) is 17.8 Å². The van der Waals surface area contributed by atoms with Gasteiger partial charge in [-0.15, -0.1) is 0 Å². The first-order valence-corrected chi connectivity index (χ1v) is 6.76. The Labute approximate surface area is 136 Å². The Morgan fingerprint density at radius 1 is 1.17 bits per heavy atom. The molecule has 4 nitrogen and oxygen atoms in total. The minimum absolute atomic E-state index is 0.118. The van der Waals surface area contributed by atoms with E-state index in [0.29, 0.717) is 23.3 Å². The van der Waals surface area contributed by atoms with Crippen molar-refractivity contribution in [3.63, 3.8) is 0 Å². The Kier molecular flexibility index (Phi) is 5.09. The van der Waals surface area contributed by atoms with Crippen LogP contribution in [0.1, 0.15) is 16.8 Å². The molecule has 0 fully saturated rings. The standard InChI is InChI=1S/C17H13F3N2O2/c1-23-14-5-3-11(16(8-14)24-2)7-12(9-21)15-6-4-13(10-22-15)17(18,19)20/h3-8,10H,1-2H3. The predicted molar refractivity (Wildman–Crippen MR) is 82.3 cm³/mol. The maximum absolute atomic E-state index is 12.6. The highest BCUT2D eigenvalue weighted by Crippen LogP contribution is 2.30. The van der Waals surface area contributed by atoms with Gasteiger partial charge in [0.1, 0.15) is 17.6 Å². The third kappa shape index (κ3) is 3.84. The van der Waals surface area contributed by atoms with Crippen molar-refractivity contribution >= 4 is 11.6 Å². The summed E-state index contributed by atoms with van der Waals surface area (Å²) in [7, 11) is 2.98. The lowest BCUT2D eigenvalue weighted by Crippen LogP contribution is -2.05. The van der Waals surface area contributed by atoms with E-state index in [2.05, 4.69) is 4.98 Å². The highest BCUT2D eigenvalue weighted by atomic mass is 19.4. The molecule has 0 amide bonds. The van der Waals surface area contributed by atoms with Gasteiger partial charge in [0.2, 0.25) is 0 Å². The quantitative estimate of drug-likeness (QED) is 0.787. The fraction of sp³-hybridized carbons (Fsp3) is 0.176. The van der Waals surface area contributed by atoms with Gasteiger partial charge in [0.05, 0.1) is 31.1 Å². The van der Waals surface area contributed by atoms with Crippen LogP contribution in [-0.4, -0.2) is 19.2 Å². The van der Waals surface area contributed by atoms with Crippen molar-refractivity contribution in [3.05, 3.63) is 53.3 Å². The lowest BCUT2D eigenvalue weighted by atomic mass is 10.1. The largest absolute Gasteiger partial charge is 0.497 e. The summed E-state index contributed by atoms with van der Waals surface area (Å²) >= 11 is 0. The highest BCUT2D eigenvalue weighted by Gasteiger charge is 2.30. The number of hydrogen-bond acceptors (Lipinski definition) is 4. The maximum Gasteiger partial charge on any atom is 0.417 e. The van der Waals surface area contributed by atoms with Crippen molar-refractivity contribution in [1.29, 1.82) is 5.26 Å². The second-order valence-corrected chi connectivity index (χ2v) is 4.71. The molecule has 1 aromatic heterocycles. The van der Waals surface area contributed by atoms with Crippen LogP contribution in [0.2, 0.25) is 0 Å². The van der Waals surface area contributed by atoms with Crippen LogP contribution < -0.4 is 9.47 Å². The summed E-state index contributed by atoms with van der Waals surface area (Å²) in [6, 6.07) is 8.99. The Balaban J connectivity index is 2.42. The number of allylic oxidation sites excluding steroid dienone is 1. The lowest BCUT2D eigenvalue weighted by Gasteiger charge is -2.09. The van der Waals surface area contributed by atoms with Gasteiger partial charge in [-0.25, -0.2) is 0 Å². The fourth-order valence-corrected chi connectivity index (χ4v) is 1.98. The van der Waals surface area contributed by atoms with Gasteiger partial charge in [-0.1, -0.05) is 0 Å². The molecule has 7 heteroatoms. The summed E-state index contributed by atoms with van der Waals surface area (Å²) in [5, 5.41) is 9.29. The van der Waals surface area contributed by atoms with Crippen molar-refractivity contribution in [2.24, 2.45) is 0 Å². The maximum atomic E-state index is 12.6. The van der Waals surface area contributed by atoms with Gasteiger partial charge >= 0.3 is 6.18 Å². The molecule has 2 rings (SSSR count). The number of methoxy groups -OCH3 is 2. The van der Waals surface area contributed by atoms with Crippen molar-refractivity contribution in [2.45, 2.75) is 6.18 Å². The van der Waals surface area contributed by atoms with E-state index in [1.807, 2.05) is 6.07 Å². The van der Waals surface area contributed by atoms with Crippen molar-refractivity contribution in [2.75, 3.05) is 14.2 Å². The number of pyridine rings is 1. The van der Waals surface area contributed by atoms with E-state index in [4.69, 9.17) is 9.47 Å². The van der Waals surface area contributed by atoms with E-state index in [-0.39, 0.29) is 11.3 Å². The van der Waals surface area contributed by atoms with Crippen LogP contribution in [0.5, 0.6) is 11.5 Å². The third-order valence-electron chi connectivity index (χ3n) is 3.23. The van der Waals surface area contributed by atoms with Gasteiger partial charge in [-0.3, -0.25) is 4.98 Å². The molecule has 0 aliphatic rings. The average Bonchev–Trinajstić information content (AvgIpc) is 2.59. The van der Waals surface area contributed by atoms with Crippen LogP contribution >= 0.6 is 0 Å². The van der Waals surface area contributed by atoms with E-state index in [1.54, 1.807) is 18.2 Å². The fourth-order valence-electron chi connectivity index (χ4n) is 1.98. The Hall–Kier alpha value is -3.01. The summed E-state index contributed by atoms with van der Waals surface area (Å²) in [5.41, 5.74) is -0.0299. The molecule has 0 unspecified atom stereocenters. The number of ether oxygens (including phenoxy) is 2. The molecule has 0 aliphatic heterocycles. The topological polar surface area (TPSA) is 55.1 Å². The zero-order chi connectivity index (χ0) is 17.7. The molecule has 0 atom stereocenters. The number of aromatic nitrogens is 1. The molecule has 2 aromatic rings. The first-order chi connectivity index (χ1) is 11.4. The highest BCUT2D eigenvalue weighted by molar-refractivity contribution is 5.89. The molecule has 1 heterocycles. The average molecular weight is 334 g/mol.